The standard InChI is InChI=1S/C16H15N7O5/c1-2-17-16(26)20-13(24)8-21-9-18-14-10(15(21)25)7-19-22(14)11-5-3-4-6-12(11)23(27)28/h3-7,9H,2,8H2,1H3,(H2,17,20,24,26). The third-order valence-corrected chi connectivity index (χ3v) is 3.77. The fourth-order valence-electron chi connectivity index (χ4n) is 2.56. The van der Waals surface area contributed by atoms with Crippen LogP contribution >= 0.6 is 0 Å². The van der Waals surface area contributed by atoms with E-state index in [0.717, 1.165) is 10.9 Å². The Morgan fingerprint density at radius 3 is 2.75 bits per heavy atom. The van der Waals surface area contributed by atoms with Crippen molar-refractivity contribution < 1.29 is 14.5 Å². The van der Waals surface area contributed by atoms with Gasteiger partial charge in [-0.2, -0.15) is 5.10 Å². The number of aromatic nitrogens is 4. The van der Waals surface area contributed by atoms with E-state index in [0.29, 0.717) is 6.54 Å². The number of rotatable bonds is 5. The lowest BCUT2D eigenvalue weighted by Crippen LogP contribution is -2.42. The van der Waals surface area contributed by atoms with Crippen LogP contribution in [0, 0.1) is 10.1 Å². The Morgan fingerprint density at radius 2 is 2.04 bits per heavy atom. The SMILES string of the molecule is CCNC(=O)NC(=O)Cn1cnc2c(cnn2-c2ccccc2[N+](=O)[O-])c1=O. The summed E-state index contributed by atoms with van der Waals surface area (Å²) in [6.07, 6.45) is 2.34. The van der Waals surface area contributed by atoms with Gasteiger partial charge in [0.2, 0.25) is 5.91 Å². The number of benzene rings is 1. The zero-order valence-corrected chi connectivity index (χ0v) is 14.7. The summed E-state index contributed by atoms with van der Waals surface area (Å²) in [6, 6.07) is 5.25. The number of hydrogen-bond acceptors (Lipinski definition) is 7. The van der Waals surface area contributed by atoms with Crippen LogP contribution in [0.25, 0.3) is 16.7 Å². The molecule has 3 aromatic rings. The Balaban J connectivity index is 1.95. The van der Waals surface area contributed by atoms with Gasteiger partial charge in [0.1, 0.15) is 23.9 Å². The number of fused-ring (bicyclic) bond motifs is 1. The Bertz CT molecular complexity index is 1130. The summed E-state index contributed by atoms with van der Waals surface area (Å²) >= 11 is 0. The Kier molecular flexibility index (Phi) is 5.11. The van der Waals surface area contributed by atoms with Gasteiger partial charge in [-0.25, -0.2) is 14.5 Å². The maximum Gasteiger partial charge on any atom is 0.321 e. The summed E-state index contributed by atoms with van der Waals surface area (Å²) < 4.78 is 2.20. The number of hydrogen-bond donors (Lipinski definition) is 2. The second kappa shape index (κ2) is 7.65. The molecule has 12 heteroatoms. The monoisotopic (exact) mass is 385 g/mol. The highest BCUT2D eigenvalue weighted by Crippen LogP contribution is 2.23. The van der Waals surface area contributed by atoms with Crippen LogP contribution in [0.5, 0.6) is 0 Å². The minimum atomic E-state index is -0.694. The molecular formula is C16H15N7O5. The van der Waals surface area contributed by atoms with Crippen molar-refractivity contribution in [2.45, 2.75) is 13.5 Å². The van der Waals surface area contributed by atoms with Crippen molar-refractivity contribution in [1.82, 2.24) is 30.0 Å². The summed E-state index contributed by atoms with van der Waals surface area (Å²) in [7, 11) is 0. The smallest absolute Gasteiger partial charge is 0.321 e. The molecule has 1 aromatic carbocycles. The molecule has 3 amide bonds. The van der Waals surface area contributed by atoms with Gasteiger partial charge < -0.3 is 5.32 Å². The number of para-hydroxylation sites is 2. The zero-order valence-electron chi connectivity index (χ0n) is 14.7. The second-order valence-electron chi connectivity index (χ2n) is 5.62. The van der Waals surface area contributed by atoms with Crippen molar-refractivity contribution in [3.63, 3.8) is 0 Å². The summed E-state index contributed by atoms with van der Waals surface area (Å²) in [5, 5.41) is 19.8. The molecule has 3 rings (SSSR count). The van der Waals surface area contributed by atoms with Gasteiger partial charge in [-0.15, -0.1) is 0 Å². The molecule has 12 nitrogen and oxygen atoms in total. The van der Waals surface area contributed by atoms with Gasteiger partial charge >= 0.3 is 6.03 Å². The highest BCUT2D eigenvalue weighted by molar-refractivity contribution is 5.94. The number of imide groups is 1. The fraction of sp³-hybridized carbons (Fsp3) is 0.188. The summed E-state index contributed by atoms with van der Waals surface area (Å²) in [5.74, 6) is -0.694. The second-order valence-corrected chi connectivity index (χ2v) is 5.62. The molecule has 0 fully saturated rings. The Labute approximate surface area is 156 Å². The Hall–Kier alpha value is -4.09. The molecule has 2 heterocycles. The molecular weight excluding hydrogens is 370 g/mol. The zero-order chi connectivity index (χ0) is 20.3. The molecule has 0 radical (unpaired) electrons. The van der Waals surface area contributed by atoms with E-state index < -0.39 is 29.0 Å². The first-order chi connectivity index (χ1) is 13.4. The average molecular weight is 385 g/mol. The van der Waals surface area contributed by atoms with Crippen LogP contribution in [0.4, 0.5) is 10.5 Å². The third kappa shape index (κ3) is 3.56. The number of amides is 3. The molecule has 2 aromatic heterocycles. The molecule has 0 saturated heterocycles. The van der Waals surface area contributed by atoms with Crippen molar-refractivity contribution in [2.75, 3.05) is 6.54 Å². The number of nitrogens with zero attached hydrogens (tertiary/aromatic N) is 5. The highest BCUT2D eigenvalue weighted by Gasteiger charge is 2.19. The van der Waals surface area contributed by atoms with Crippen molar-refractivity contribution >= 4 is 28.7 Å². The quantitative estimate of drug-likeness (QED) is 0.474. The number of urea groups is 1. The minimum absolute atomic E-state index is 0.0754. The van der Waals surface area contributed by atoms with Crippen LogP contribution in [0.2, 0.25) is 0 Å². The Morgan fingerprint density at radius 1 is 1.29 bits per heavy atom. The number of carbonyl (C=O) groups is 2. The van der Waals surface area contributed by atoms with E-state index in [9.17, 15) is 24.5 Å². The largest absolute Gasteiger partial charge is 0.338 e. The van der Waals surface area contributed by atoms with Crippen molar-refractivity contribution in [2.24, 2.45) is 0 Å². The van der Waals surface area contributed by atoms with E-state index in [4.69, 9.17) is 0 Å². The predicted octanol–water partition coefficient (Wildman–Crippen LogP) is 0.336. The first kappa shape index (κ1) is 18.7. The molecule has 0 aliphatic heterocycles. The molecule has 0 spiro atoms. The van der Waals surface area contributed by atoms with Crippen LogP contribution in [0.15, 0.2) is 41.6 Å². The number of nitro benzene ring substituents is 1. The maximum atomic E-state index is 12.6. The van der Waals surface area contributed by atoms with E-state index in [1.807, 2.05) is 0 Å². The third-order valence-electron chi connectivity index (χ3n) is 3.77. The van der Waals surface area contributed by atoms with Gasteiger partial charge in [0.05, 0.1) is 11.1 Å². The van der Waals surface area contributed by atoms with Gasteiger partial charge in [-0.1, -0.05) is 12.1 Å². The molecule has 0 aliphatic carbocycles. The number of carbonyl (C=O) groups excluding carboxylic acids is 2. The van der Waals surface area contributed by atoms with Crippen LogP contribution in [-0.4, -0.2) is 42.7 Å². The minimum Gasteiger partial charge on any atom is -0.338 e. The van der Waals surface area contributed by atoms with Crippen molar-refractivity contribution in [3.8, 4) is 5.69 Å². The first-order valence-electron chi connectivity index (χ1n) is 8.17. The van der Waals surface area contributed by atoms with Gasteiger partial charge in [0, 0.05) is 12.6 Å². The van der Waals surface area contributed by atoms with E-state index in [1.54, 1.807) is 13.0 Å². The average Bonchev–Trinajstić information content (AvgIpc) is 3.08. The van der Waals surface area contributed by atoms with Crippen molar-refractivity contribution in [1.29, 1.82) is 0 Å². The van der Waals surface area contributed by atoms with Gasteiger partial charge in [0.25, 0.3) is 11.2 Å². The van der Waals surface area contributed by atoms with Crippen molar-refractivity contribution in [3.05, 3.63) is 57.3 Å². The lowest BCUT2D eigenvalue weighted by Gasteiger charge is -2.07. The topological polar surface area (TPSA) is 154 Å². The highest BCUT2D eigenvalue weighted by atomic mass is 16.6. The van der Waals surface area contributed by atoms with Crippen LogP contribution in [0.1, 0.15) is 6.92 Å². The molecule has 0 aliphatic rings. The molecule has 0 atom stereocenters. The van der Waals surface area contributed by atoms with Crippen LogP contribution < -0.4 is 16.2 Å². The van der Waals surface area contributed by atoms with Gasteiger partial charge in [-0.3, -0.25) is 29.6 Å². The van der Waals surface area contributed by atoms with E-state index in [1.165, 1.54) is 29.1 Å². The molecule has 2 N–H and O–H groups in total. The summed E-state index contributed by atoms with van der Waals surface area (Å²) in [6.45, 7) is 1.62. The lowest BCUT2D eigenvalue weighted by molar-refractivity contribution is -0.384. The summed E-state index contributed by atoms with van der Waals surface area (Å²) in [5.41, 5.74) is -0.499. The first-order valence-corrected chi connectivity index (χ1v) is 8.17. The van der Waals surface area contributed by atoms with Crippen LogP contribution in [0.3, 0.4) is 0 Å². The van der Waals surface area contributed by atoms with E-state index >= 15 is 0 Å². The van der Waals surface area contributed by atoms with E-state index in [-0.39, 0.29) is 22.4 Å². The molecule has 0 bridgehead atoms. The van der Waals surface area contributed by atoms with E-state index in [2.05, 4.69) is 20.7 Å². The maximum absolute atomic E-state index is 12.6. The number of nitrogens with one attached hydrogen (secondary N) is 2. The number of nitro groups is 1. The predicted molar refractivity (Wildman–Crippen MR) is 97.0 cm³/mol. The molecule has 28 heavy (non-hydrogen) atoms. The molecule has 144 valence electrons. The lowest BCUT2D eigenvalue weighted by atomic mass is 10.2. The van der Waals surface area contributed by atoms with Gasteiger partial charge in [0.15, 0.2) is 5.65 Å². The molecule has 0 saturated carbocycles. The van der Waals surface area contributed by atoms with Crippen LogP contribution in [-0.2, 0) is 11.3 Å². The summed E-state index contributed by atoms with van der Waals surface area (Å²) in [4.78, 5) is 50.6. The normalized spacial score (nSPS) is 10.6. The molecule has 0 unspecified atom stereocenters. The van der Waals surface area contributed by atoms with Gasteiger partial charge in [-0.05, 0) is 13.0 Å². The fourth-order valence-corrected chi connectivity index (χ4v) is 2.56.